The van der Waals surface area contributed by atoms with Crippen LogP contribution in [0.4, 0.5) is 0 Å². The van der Waals surface area contributed by atoms with E-state index in [2.05, 4.69) is 11.6 Å². The molecule has 0 aliphatic carbocycles. The molecule has 36 heavy (non-hydrogen) atoms. The van der Waals surface area contributed by atoms with Crippen LogP contribution in [0.5, 0.6) is 0 Å². The molecule has 1 N–H and O–H groups in total. The Morgan fingerprint density at radius 3 is 2.39 bits per heavy atom. The zero-order chi connectivity index (χ0) is 26.7. The molecule has 4 atom stereocenters. The van der Waals surface area contributed by atoms with E-state index in [0.29, 0.717) is 0 Å². The number of aromatic amines is 1. The van der Waals surface area contributed by atoms with Crippen LogP contribution in [0, 0.1) is 6.92 Å². The normalized spacial score (nSPS) is 23.7. The predicted octanol–water partition coefficient (Wildman–Crippen LogP) is 0.958. The van der Waals surface area contributed by atoms with Crippen molar-refractivity contribution < 1.29 is 36.4 Å². The Morgan fingerprint density at radius 1 is 1.17 bits per heavy atom. The summed E-state index contributed by atoms with van der Waals surface area (Å²) in [7, 11) is -4.26. The van der Waals surface area contributed by atoms with Gasteiger partial charge >= 0.3 is 17.6 Å². The van der Waals surface area contributed by atoms with Gasteiger partial charge in [-0.25, -0.2) is 4.79 Å². The van der Waals surface area contributed by atoms with Gasteiger partial charge in [-0.15, -0.1) is 6.58 Å². The highest BCUT2D eigenvalue weighted by Gasteiger charge is 2.62. The number of H-pyrrole nitrogens is 1. The summed E-state index contributed by atoms with van der Waals surface area (Å²) in [5.74, 6) is -1.58. The van der Waals surface area contributed by atoms with Crippen molar-refractivity contribution in [2.75, 3.05) is 6.61 Å². The summed E-state index contributed by atoms with van der Waals surface area (Å²) in [6, 6.07) is 6.97. The van der Waals surface area contributed by atoms with Gasteiger partial charge in [0.2, 0.25) is 0 Å². The first-order chi connectivity index (χ1) is 16.9. The third kappa shape index (κ3) is 5.64. The van der Waals surface area contributed by atoms with Crippen molar-refractivity contribution in [1.82, 2.24) is 9.55 Å². The van der Waals surface area contributed by atoms with Gasteiger partial charge in [-0.2, -0.15) is 8.42 Å². The van der Waals surface area contributed by atoms with Crippen molar-refractivity contribution >= 4 is 22.1 Å². The fraction of sp³-hybridized carbons (Fsp3) is 0.391. The van der Waals surface area contributed by atoms with Crippen LogP contribution >= 0.6 is 0 Å². The predicted molar refractivity (Wildman–Crippen MR) is 124 cm³/mol. The van der Waals surface area contributed by atoms with Gasteiger partial charge in [-0.3, -0.25) is 28.1 Å². The second-order valence-electron chi connectivity index (χ2n) is 8.16. The number of rotatable bonds is 9. The molecule has 1 aliphatic heterocycles. The van der Waals surface area contributed by atoms with Crippen LogP contribution in [0.15, 0.2) is 63.7 Å². The summed E-state index contributed by atoms with van der Waals surface area (Å²) in [5.41, 5.74) is -2.55. The van der Waals surface area contributed by atoms with E-state index < -0.39 is 63.9 Å². The lowest BCUT2D eigenvalue weighted by atomic mass is 9.88. The SMILES string of the molecule is C=CC[C@@]1(OC(C)=O)[C@@H](COS(=O)(=O)c2ccc(C)cc2)O[C@@H](n2ccc(=O)[nH]c2=O)[C@@H]1OC(C)=O. The molecule has 1 aromatic heterocycles. The highest BCUT2D eigenvalue weighted by Crippen LogP contribution is 2.44. The second kappa shape index (κ2) is 10.6. The summed E-state index contributed by atoms with van der Waals surface area (Å²) in [6.45, 7) is 6.99. The number of nitrogens with one attached hydrogen (secondary N) is 1. The van der Waals surface area contributed by atoms with Crippen LogP contribution in [-0.4, -0.2) is 54.3 Å². The number of hydrogen-bond donors (Lipinski definition) is 1. The minimum Gasteiger partial charge on any atom is -0.453 e. The summed E-state index contributed by atoms with van der Waals surface area (Å²) in [6.07, 6.45) is -1.86. The molecule has 0 unspecified atom stereocenters. The molecule has 13 heteroatoms. The minimum atomic E-state index is -4.26. The summed E-state index contributed by atoms with van der Waals surface area (Å²) < 4.78 is 48.8. The van der Waals surface area contributed by atoms with E-state index in [4.69, 9.17) is 18.4 Å². The molecule has 0 saturated carbocycles. The van der Waals surface area contributed by atoms with Gasteiger partial charge in [0.15, 0.2) is 17.9 Å². The maximum Gasteiger partial charge on any atom is 0.330 e. The lowest BCUT2D eigenvalue weighted by Crippen LogP contribution is -2.54. The Bertz CT molecular complexity index is 1360. The van der Waals surface area contributed by atoms with Crippen molar-refractivity contribution in [1.29, 1.82) is 0 Å². The highest BCUT2D eigenvalue weighted by molar-refractivity contribution is 7.86. The minimum absolute atomic E-state index is 0.113. The van der Waals surface area contributed by atoms with E-state index in [-0.39, 0.29) is 11.3 Å². The smallest absolute Gasteiger partial charge is 0.330 e. The third-order valence-corrected chi connectivity index (χ3v) is 6.78. The van der Waals surface area contributed by atoms with Gasteiger partial charge in [0.25, 0.3) is 15.7 Å². The van der Waals surface area contributed by atoms with Gasteiger partial charge in [0, 0.05) is 32.5 Å². The molecule has 0 bridgehead atoms. The quantitative estimate of drug-likeness (QED) is 0.285. The first-order valence-electron chi connectivity index (χ1n) is 10.8. The third-order valence-electron chi connectivity index (χ3n) is 5.49. The van der Waals surface area contributed by atoms with Gasteiger partial charge in [-0.05, 0) is 19.1 Å². The number of aryl methyl sites for hydroxylation is 1. The molecular formula is C23H26N2O10S. The molecule has 1 aromatic carbocycles. The number of carbonyl (C=O) groups is 2. The van der Waals surface area contributed by atoms with Crippen molar-refractivity contribution in [3.05, 3.63) is 75.6 Å². The maximum atomic E-state index is 12.8. The Kier molecular flexibility index (Phi) is 7.96. The molecule has 0 radical (unpaired) electrons. The van der Waals surface area contributed by atoms with Crippen molar-refractivity contribution in [2.45, 2.75) is 56.1 Å². The first-order valence-corrected chi connectivity index (χ1v) is 12.2. The lowest BCUT2D eigenvalue weighted by molar-refractivity contribution is -0.184. The molecule has 2 aromatic rings. The van der Waals surface area contributed by atoms with E-state index in [9.17, 15) is 27.6 Å². The van der Waals surface area contributed by atoms with E-state index in [1.165, 1.54) is 18.2 Å². The molecule has 1 aliphatic rings. The molecule has 0 spiro atoms. The van der Waals surface area contributed by atoms with Crippen LogP contribution in [-0.2, 0) is 38.1 Å². The maximum absolute atomic E-state index is 12.8. The van der Waals surface area contributed by atoms with Crippen LogP contribution in [0.1, 0.15) is 32.1 Å². The fourth-order valence-corrected chi connectivity index (χ4v) is 4.87. The van der Waals surface area contributed by atoms with E-state index in [1.807, 2.05) is 0 Å². The van der Waals surface area contributed by atoms with Crippen molar-refractivity contribution in [3.8, 4) is 0 Å². The molecule has 194 valence electrons. The summed E-state index contributed by atoms with van der Waals surface area (Å²) in [4.78, 5) is 50.2. The van der Waals surface area contributed by atoms with Gasteiger partial charge in [0.05, 0.1) is 11.5 Å². The monoisotopic (exact) mass is 522 g/mol. The number of hydrogen-bond acceptors (Lipinski definition) is 10. The summed E-state index contributed by atoms with van der Waals surface area (Å²) >= 11 is 0. The average Bonchev–Trinajstić information content (AvgIpc) is 3.04. The highest BCUT2D eigenvalue weighted by atomic mass is 32.2. The average molecular weight is 523 g/mol. The number of esters is 2. The standard InChI is InChI=1S/C23H26N2O10S/c1-5-11-23(35-16(4)27)18(13-32-36(30,31)17-8-6-14(2)7-9-17)34-21(20(23)33-15(3)26)25-12-10-19(28)24-22(25)29/h5-10,12,18,20-21H,1,11,13H2,2-4H3,(H,24,28,29)/t18-,20+,21-,23-/m1/s1. The Morgan fingerprint density at radius 2 is 1.83 bits per heavy atom. The molecule has 1 fully saturated rings. The van der Waals surface area contributed by atoms with Crippen LogP contribution in [0.25, 0.3) is 0 Å². The number of aromatic nitrogens is 2. The largest absolute Gasteiger partial charge is 0.453 e. The second-order valence-corrected chi connectivity index (χ2v) is 9.77. The molecule has 1 saturated heterocycles. The summed E-state index contributed by atoms with van der Waals surface area (Å²) in [5, 5.41) is 0. The van der Waals surface area contributed by atoms with E-state index in [0.717, 1.165) is 36.2 Å². The lowest BCUT2D eigenvalue weighted by Gasteiger charge is -2.36. The molecular weight excluding hydrogens is 496 g/mol. The topological polar surface area (TPSA) is 160 Å². The Balaban J connectivity index is 2.08. The number of nitrogens with zero attached hydrogens (tertiary/aromatic N) is 1. The first kappa shape index (κ1) is 27.0. The van der Waals surface area contributed by atoms with Crippen LogP contribution in [0.3, 0.4) is 0 Å². The molecule has 3 rings (SSSR count). The molecule has 0 amide bonds. The Labute approximate surface area is 206 Å². The van der Waals surface area contributed by atoms with Crippen LogP contribution in [0.2, 0.25) is 0 Å². The van der Waals surface area contributed by atoms with E-state index >= 15 is 0 Å². The van der Waals surface area contributed by atoms with Gasteiger partial charge in [-0.1, -0.05) is 23.8 Å². The molecule has 2 heterocycles. The van der Waals surface area contributed by atoms with Crippen molar-refractivity contribution in [2.24, 2.45) is 0 Å². The van der Waals surface area contributed by atoms with Crippen molar-refractivity contribution in [3.63, 3.8) is 0 Å². The fourth-order valence-electron chi connectivity index (χ4n) is 3.97. The van der Waals surface area contributed by atoms with Crippen LogP contribution < -0.4 is 11.2 Å². The zero-order valence-corrected chi connectivity index (χ0v) is 20.6. The van der Waals surface area contributed by atoms with Gasteiger partial charge in [0.1, 0.15) is 6.10 Å². The van der Waals surface area contributed by atoms with E-state index in [1.54, 1.807) is 19.1 Å². The van der Waals surface area contributed by atoms with Gasteiger partial charge < -0.3 is 14.2 Å². The number of ether oxygens (including phenoxy) is 3. The number of carbonyl (C=O) groups excluding carboxylic acids is 2. The molecule has 12 nitrogen and oxygen atoms in total. The zero-order valence-electron chi connectivity index (χ0n) is 19.8. The number of benzene rings is 1. The Hall–Kier alpha value is -3.55.